The maximum atomic E-state index is 12.9. The van der Waals surface area contributed by atoms with Gasteiger partial charge in [-0.15, -0.1) is 0 Å². The zero-order valence-corrected chi connectivity index (χ0v) is 17.1. The summed E-state index contributed by atoms with van der Waals surface area (Å²) in [5, 5.41) is 9.78. The van der Waals surface area contributed by atoms with Gasteiger partial charge in [-0.3, -0.25) is 4.79 Å². The lowest BCUT2D eigenvalue weighted by Gasteiger charge is -2.34. The van der Waals surface area contributed by atoms with Crippen LogP contribution >= 0.6 is 0 Å². The number of nitrogens with zero attached hydrogens (tertiary/aromatic N) is 4. The summed E-state index contributed by atoms with van der Waals surface area (Å²) in [5.41, 5.74) is 0.678. The maximum absolute atomic E-state index is 12.9. The van der Waals surface area contributed by atoms with E-state index in [2.05, 4.69) is 14.9 Å². The highest BCUT2D eigenvalue weighted by Crippen LogP contribution is 2.21. The predicted octanol–water partition coefficient (Wildman–Crippen LogP) is 1.34. The first-order valence-corrected chi connectivity index (χ1v) is 11.1. The monoisotopic (exact) mass is 423 g/mol. The number of nitriles is 1. The van der Waals surface area contributed by atoms with Gasteiger partial charge in [-0.1, -0.05) is 24.3 Å². The Bertz CT molecular complexity index is 1270. The molecule has 0 bridgehead atoms. The summed E-state index contributed by atoms with van der Waals surface area (Å²) in [5.74, 6) is 0.622. The second-order valence-corrected chi connectivity index (χ2v) is 9.04. The average Bonchev–Trinajstić information content (AvgIpc) is 2.78. The molecule has 0 radical (unpaired) electrons. The van der Waals surface area contributed by atoms with Crippen molar-refractivity contribution < 1.29 is 8.42 Å². The van der Waals surface area contributed by atoms with Crippen molar-refractivity contribution in [3.63, 3.8) is 0 Å². The van der Waals surface area contributed by atoms with Gasteiger partial charge in [0, 0.05) is 39.1 Å². The van der Waals surface area contributed by atoms with Gasteiger partial charge < -0.3 is 9.88 Å². The lowest BCUT2D eigenvalue weighted by atomic mass is 10.2. The molecule has 1 N–H and O–H groups in total. The van der Waals surface area contributed by atoms with Gasteiger partial charge in [0.15, 0.2) is 0 Å². The Balaban J connectivity index is 1.39. The van der Waals surface area contributed by atoms with Gasteiger partial charge in [0.2, 0.25) is 10.0 Å². The van der Waals surface area contributed by atoms with Crippen molar-refractivity contribution in [2.45, 2.75) is 11.3 Å². The molecule has 30 heavy (non-hydrogen) atoms. The summed E-state index contributed by atoms with van der Waals surface area (Å²) in [4.78, 5) is 21.7. The molecule has 9 heteroatoms. The number of nitrogens with one attached hydrogen (secondary N) is 1. The number of rotatable bonds is 5. The van der Waals surface area contributed by atoms with Gasteiger partial charge >= 0.3 is 0 Å². The third kappa shape index (κ3) is 3.98. The van der Waals surface area contributed by atoms with E-state index in [4.69, 9.17) is 0 Å². The van der Waals surface area contributed by atoms with E-state index in [1.54, 1.807) is 18.2 Å². The van der Waals surface area contributed by atoms with E-state index >= 15 is 0 Å². The van der Waals surface area contributed by atoms with Gasteiger partial charge in [0.05, 0.1) is 21.4 Å². The van der Waals surface area contributed by atoms with Crippen LogP contribution in [0.5, 0.6) is 0 Å². The quantitative estimate of drug-likeness (QED) is 0.663. The topological polar surface area (TPSA) is 110 Å². The van der Waals surface area contributed by atoms with E-state index in [1.165, 1.54) is 16.4 Å². The second kappa shape index (κ2) is 8.36. The lowest BCUT2D eigenvalue weighted by Crippen LogP contribution is -2.49. The number of benzene rings is 2. The van der Waals surface area contributed by atoms with Gasteiger partial charge in [0.25, 0.3) is 5.56 Å². The zero-order chi connectivity index (χ0) is 21.1. The number of aromatic nitrogens is 2. The van der Waals surface area contributed by atoms with Crippen LogP contribution in [-0.2, 0) is 16.4 Å². The van der Waals surface area contributed by atoms with E-state index in [1.807, 2.05) is 24.3 Å². The van der Waals surface area contributed by atoms with Crippen LogP contribution in [0.15, 0.2) is 58.2 Å². The van der Waals surface area contributed by atoms with Crippen LogP contribution in [0.4, 0.5) is 0 Å². The summed E-state index contributed by atoms with van der Waals surface area (Å²) in [6, 6.07) is 15.4. The van der Waals surface area contributed by atoms with E-state index < -0.39 is 10.0 Å². The van der Waals surface area contributed by atoms with Crippen molar-refractivity contribution in [2.75, 3.05) is 32.7 Å². The van der Waals surface area contributed by atoms with Crippen molar-refractivity contribution in [2.24, 2.45) is 0 Å². The van der Waals surface area contributed by atoms with Crippen LogP contribution in [0.2, 0.25) is 0 Å². The number of aromatic amines is 1. The minimum absolute atomic E-state index is 0.0545. The number of para-hydroxylation sites is 1. The fourth-order valence-corrected chi connectivity index (χ4v) is 5.20. The smallest absolute Gasteiger partial charge is 0.258 e. The average molecular weight is 423 g/mol. The molecule has 8 nitrogen and oxygen atoms in total. The number of fused-ring (bicyclic) bond motifs is 1. The number of sulfonamides is 1. The Morgan fingerprint density at radius 2 is 1.73 bits per heavy atom. The fourth-order valence-electron chi connectivity index (χ4n) is 3.63. The molecule has 0 saturated carbocycles. The number of hydrogen-bond acceptors (Lipinski definition) is 6. The summed E-state index contributed by atoms with van der Waals surface area (Å²) in [6.07, 6.45) is 0.574. The molecule has 1 aliphatic heterocycles. The molecule has 0 aliphatic carbocycles. The molecular formula is C21H21N5O3S. The van der Waals surface area contributed by atoms with Crippen LogP contribution in [0.3, 0.4) is 0 Å². The Hall–Kier alpha value is -3.06. The zero-order valence-electron chi connectivity index (χ0n) is 16.3. The van der Waals surface area contributed by atoms with E-state index in [9.17, 15) is 18.5 Å². The first-order chi connectivity index (χ1) is 14.5. The van der Waals surface area contributed by atoms with Crippen molar-refractivity contribution >= 4 is 20.9 Å². The Kier molecular flexibility index (Phi) is 5.63. The van der Waals surface area contributed by atoms with E-state index in [0.717, 1.165) is 0 Å². The number of H-pyrrole nitrogens is 1. The predicted molar refractivity (Wildman–Crippen MR) is 112 cm³/mol. The number of hydrogen-bond donors (Lipinski definition) is 1. The highest BCUT2D eigenvalue weighted by molar-refractivity contribution is 7.89. The molecule has 0 spiro atoms. The molecule has 2 aromatic carbocycles. The van der Waals surface area contributed by atoms with E-state index in [-0.39, 0.29) is 16.0 Å². The SMILES string of the molecule is N#Cc1ccccc1S(=O)(=O)N1CCN(CCc2nc3ccccc3c(=O)[nH]2)CC1. The molecule has 0 unspecified atom stereocenters. The van der Waals surface area contributed by atoms with Gasteiger partial charge in [-0.05, 0) is 24.3 Å². The van der Waals surface area contributed by atoms with Crippen molar-refractivity contribution in [1.82, 2.24) is 19.2 Å². The maximum Gasteiger partial charge on any atom is 0.258 e. The first-order valence-electron chi connectivity index (χ1n) is 9.68. The Morgan fingerprint density at radius 1 is 1.03 bits per heavy atom. The molecular weight excluding hydrogens is 402 g/mol. The largest absolute Gasteiger partial charge is 0.310 e. The highest BCUT2D eigenvalue weighted by atomic mass is 32.2. The van der Waals surface area contributed by atoms with Crippen LogP contribution < -0.4 is 5.56 Å². The third-order valence-corrected chi connectivity index (χ3v) is 7.24. The Morgan fingerprint density at radius 3 is 2.50 bits per heavy atom. The third-order valence-electron chi connectivity index (χ3n) is 5.28. The minimum atomic E-state index is -3.70. The van der Waals surface area contributed by atoms with Crippen LogP contribution in [-0.4, -0.2) is 60.3 Å². The van der Waals surface area contributed by atoms with Crippen molar-refractivity contribution in [3.05, 3.63) is 70.3 Å². The van der Waals surface area contributed by atoms with Gasteiger partial charge in [-0.2, -0.15) is 9.57 Å². The van der Waals surface area contributed by atoms with Gasteiger partial charge in [-0.25, -0.2) is 13.4 Å². The Labute approximate surface area is 174 Å². The molecule has 1 aliphatic rings. The van der Waals surface area contributed by atoms with Gasteiger partial charge in [0.1, 0.15) is 11.9 Å². The summed E-state index contributed by atoms with van der Waals surface area (Å²) in [7, 11) is -3.70. The highest BCUT2D eigenvalue weighted by Gasteiger charge is 2.30. The van der Waals surface area contributed by atoms with Crippen molar-refractivity contribution in [3.8, 4) is 6.07 Å². The second-order valence-electron chi connectivity index (χ2n) is 7.13. The summed E-state index contributed by atoms with van der Waals surface area (Å²) in [6.45, 7) is 2.52. The molecule has 3 aromatic rings. The molecule has 1 saturated heterocycles. The molecule has 2 heterocycles. The lowest BCUT2D eigenvalue weighted by molar-refractivity contribution is 0.189. The van der Waals surface area contributed by atoms with E-state index in [0.29, 0.717) is 55.9 Å². The van der Waals surface area contributed by atoms with Crippen LogP contribution in [0.25, 0.3) is 10.9 Å². The van der Waals surface area contributed by atoms with Crippen LogP contribution in [0.1, 0.15) is 11.4 Å². The van der Waals surface area contributed by atoms with Crippen molar-refractivity contribution in [1.29, 1.82) is 5.26 Å². The minimum Gasteiger partial charge on any atom is -0.310 e. The number of piperazine rings is 1. The standard InChI is InChI=1S/C21H21N5O3S/c22-15-16-5-1-4-8-19(16)30(28,29)26-13-11-25(12-14-26)10-9-20-23-18-7-3-2-6-17(18)21(27)24-20/h1-8H,9-14H2,(H,23,24,27). The normalized spacial score (nSPS) is 15.8. The molecule has 0 atom stereocenters. The summed E-state index contributed by atoms with van der Waals surface area (Å²) >= 11 is 0. The first kappa shape index (κ1) is 20.2. The molecule has 1 aromatic heterocycles. The molecule has 1 fully saturated rings. The molecule has 4 rings (SSSR count). The van der Waals surface area contributed by atoms with Crippen LogP contribution in [0, 0.1) is 11.3 Å². The molecule has 154 valence electrons. The molecule has 0 amide bonds. The fraction of sp³-hybridized carbons (Fsp3) is 0.286. The summed E-state index contributed by atoms with van der Waals surface area (Å²) < 4.78 is 27.3.